The van der Waals surface area contributed by atoms with Crippen molar-refractivity contribution in [1.82, 2.24) is 14.4 Å². The molecule has 0 radical (unpaired) electrons. The quantitative estimate of drug-likeness (QED) is 0.695. The van der Waals surface area contributed by atoms with E-state index < -0.39 is 27.6 Å². The van der Waals surface area contributed by atoms with Crippen LogP contribution < -0.4 is 5.32 Å². The summed E-state index contributed by atoms with van der Waals surface area (Å²) in [7, 11) is -3.12. The minimum absolute atomic E-state index is 0.0400. The summed E-state index contributed by atoms with van der Waals surface area (Å²) in [5, 5.41) is 2.48. The molecule has 0 aliphatic rings. The fraction of sp³-hybridized carbons (Fsp3) is 0.235. The van der Waals surface area contributed by atoms with Gasteiger partial charge in [0, 0.05) is 25.1 Å². The summed E-state index contributed by atoms with van der Waals surface area (Å²) in [6.07, 6.45) is -0.112. The highest BCUT2D eigenvalue weighted by Gasteiger charge is 2.32. The Kier molecular flexibility index (Phi) is 5.11. The molecule has 3 rings (SSSR count). The molecule has 3 heterocycles. The first kappa shape index (κ1) is 19.8. The number of aryl methyl sites for hydroxylation is 1. The van der Waals surface area contributed by atoms with Crippen LogP contribution in [0.1, 0.15) is 21.9 Å². The lowest BCUT2D eigenvalue weighted by Crippen LogP contribution is -2.17. The van der Waals surface area contributed by atoms with Crippen LogP contribution in [0.5, 0.6) is 0 Å². The molecule has 0 aliphatic carbocycles. The Morgan fingerprint density at radius 3 is 2.57 bits per heavy atom. The molecule has 0 spiro atoms. The Bertz CT molecular complexity index is 1140. The van der Waals surface area contributed by atoms with Gasteiger partial charge >= 0.3 is 6.18 Å². The van der Waals surface area contributed by atoms with Crippen LogP contribution in [-0.4, -0.2) is 40.7 Å². The normalized spacial score (nSPS) is 12.3. The van der Waals surface area contributed by atoms with Gasteiger partial charge in [-0.3, -0.25) is 4.79 Å². The molecule has 0 aliphatic heterocycles. The average molecular weight is 412 g/mol. The third-order valence-corrected chi connectivity index (χ3v) is 4.71. The summed E-state index contributed by atoms with van der Waals surface area (Å²) in [6.45, 7) is 0. The molecule has 0 fully saturated rings. The number of amides is 1. The summed E-state index contributed by atoms with van der Waals surface area (Å²) in [4.78, 5) is 19.8. The van der Waals surface area contributed by atoms with Crippen molar-refractivity contribution >= 4 is 27.1 Å². The average Bonchev–Trinajstić information content (AvgIpc) is 3.01. The second kappa shape index (κ2) is 7.23. The molecule has 0 bridgehead atoms. The lowest BCUT2D eigenvalue weighted by molar-refractivity contribution is -0.141. The number of carbonyl (C=O) groups excluding carboxylic acids is 1. The van der Waals surface area contributed by atoms with Crippen LogP contribution in [-0.2, 0) is 22.4 Å². The number of nitrogens with one attached hydrogen (secondary N) is 1. The van der Waals surface area contributed by atoms with Gasteiger partial charge in [0.1, 0.15) is 26.9 Å². The number of aromatic nitrogens is 3. The smallest absolute Gasteiger partial charge is 0.319 e. The van der Waals surface area contributed by atoms with Gasteiger partial charge in [0.05, 0.1) is 17.1 Å². The Morgan fingerprint density at radius 2 is 1.89 bits per heavy atom. The number of sulfone groups is 1. The summed E-state index contributed by atoms with van der Waals surface area (Å²) in [6, 6.07) is 6.21. The van der Waals surface area contributed by atoms with Crippen molar-refractivity contribution < 1.29 is 26.4 Å². The van der Waals surface area contributed by atoms with Crippen LogP contribution in [0.25, 0.3) is 5.65 Å². The number of imidazole rings is 1. The van der Waals surface area contributed by atoms with E-state index in [4.69, 9.17) is 0 Å². The number of rotatable bonds is 5. The highest BCUT2D eigenvalue weighted by Crippen LogP contribution is 2.27. The maximum absolute atomic E-state index is 12.7. The van der Waals surface area contributed by atoms with Crippen LogP contribution in [0.15, 0.2) is 42.7 Å². The van der Waals surface area contributed by atoms with Crippen molar-refractivity contribution in [2.75, 3.05) is 17.3 Å². The molecule has 1 amide bonds. The molecule has 0 saturated carbocycles. The lowest BCUT2D eigenvalue weighted by atomic mass is 10.2. The number of halogens is 3. The van der Waals surface area contributed by atoms with Crippen molar-refractivity contribution in [3.63, 3.8) is 0 Å². The minimum atomic E-state index is -4.64. The molecule has 3 aromatic heterocycles. The Labute approximate surface area is 158 Å². The SMILES string of the molecule is CS(=O)(=O)CCc1cn2cc(NC(=O)c3cccc(C(F)(F)F)n3)ccc2n1. The lowest BCUT2D eigenvalue weighted by Gasteiger charge is -2.08. The van der Waals surface area contributed by atoms with Crippen molar-refractivity contribution in [3.05, 3.63) is 59.8 Å². The van der Waals surface area contributed by atoms with E-state index in [1.807, 2.05) is 0 Å². The fourth-order valence-electron chi connectivity index (χ4n) is 2.44. The Balaban J connectivity index is 1.78. The van der Waals surface area contributed by atoms with Gasteiger partial charge in [-0.1, -0.05) is 6.07 Å². The molecular weight excluding hydrogens is 397 g/mol. The highest BCUT2D eigenvalue weighted by molar-refractivity contribution is 7.90. The summed E-state index contributed by atoms with van der Waals surface area (Å²) >= 11 is 0. The van der Waals surface area contributed by atoms with Crippen molar-refractivity contribution in [1.29, 1.82) is 0 Å². The number of fused-ring (bicyclic) bond motifs is 1. The van der Waals surface area contributed by atoms with Crippen molar-refractivity contribution in [3.8, 4) is 0 Å². The maximum Gasteiger partial charge on any atom is 0.433 e. The standard InChI is InChI=1S/C17H15F3N4O3S/c1-28(26,27)8-7-12-10-24-9-11(5-6-15(24)21-12)22-16(25)13-3-2-4-14(23-13)17(18,19)20/h2-6,9-10H,7-8H2,1H3,(H,22,25). The van der Waals surface area contributed by atoms with Crippen LogP contribution in [0, 0.1) is 0 Å². The highest BCUT2D eigenvalue weighted by atomic mass is 32.2. The molecule has 0 aromatic carbocycles. The number of pyridine rings is 2. The molecule has 28 heavy (non-hydrogen) atoms. The molecular formula is C17H15F3N4O3S. The Morgan fingerprint density at radius 1 is 1.14 bits per heavy atom. The third-order valence-electron chi connectivity index (χ3n) is 3.76. The Hall–Kier alpha value is -2.95. The van der Waals surface area contributed by atoms with Crippen LogP contribution in [0.4, 0.5) is 18.9 Å². The number of hydrogen-bond acceptors (Lipinski definition) is 5. The third kappa shape index (κ3) is 4.85. The zero-order valence-electron chi connectivity index (χ0n) is 14.6. The van der Waals surface area contributed by atoms with Crippen molar-refractivity contribution in [2.24, 2.45) is 0 Å². The number of carbonyl (C=O) groups is 1. The molecule has 7 nitrogen and oxygen atoms in total. The molecule has 0 unspecified atom stereocenters. The van der Waals surface area contributed by atoms with Crippen LogP contribution >= 0.6 is 0 Å². The fourth-order valence-corrected chi connectivity index (χ4v) is 3.02. The van der Waals surface area contributed by atoms with Gasteiger partial charge in [-0.15, -0.1) is 0 Å². The first-order valence-corrected chi connectivity index (χ1v) is 10.1. The monoisotopic (exact) mass is 412 g/mol. The van der Waals surface area contributed by atoms with Crippen molar-refractivity contribution in [2.45, 2.75) is 12.6 Å². The van der Waals surface area contributed by atoms with E-state index in [-0.39, 0.29) is 17.9 Å². The van der Waals surface area contributed by atoms with Gasteiger partial charge in [-0.2, -0.15) is 13.2 Å². The van der Waals surface area contributed by atoms with Gasteiger partial charge in [-0.25, -0.2) is 18.4 Å². The van der Waals surface area contributed by atoms with E-state index in [0.29, 0.717) is 17.0 Å². The largest absolute Gasteiger partial charge is 0.433 e. The second-order valence-corrected chi connectivity index (χ2v) is 8.42. The topological polar surface area (TPSA) is 93.4 Å². The number of hydrogen-bond donors (Lipinski definition) is 1. The molecule has 11 heteroatoms. The maximum atomic E-state index is 12.7. The minimum Gasteiger partial charge on any atom is -0.319 e. The van der Waals surface area contributed by atoms with Crippen LogP contribution in [0.2, 0.25) is 0 Å². The van der Waals surface area contributed by atoms with E-state index >= 15 is 0 Å². The predicted octanol–water partition coefficient (Wildman–Crippen LogP) is 2.59. The summed E-state index contributed by atoms with van der Waals surface area (Å²) in [5.41, 5.74) is -0.0916. The van der Waals surface area contributed by atoms with E-state index in [1.165, 1.54) is 18.3 Å². The number of alkyl halides is 3. The summed E-state index contributed by atoms with van der Waals surface area (Å²) < 4.78 is 62.3. The second-order valence-electron chi connectivity index (χ2n) is 6.16. The van der Waals surface area contributed by atoms with E-state index in [1.54, 1.807) is 16.7 Å². The zero-order chi connectivity index (χ0) is 20.5. The molecule has 0 saturated heterocycles. The molecule has 1 N–H and O–H groups in total. The van der Waals surface area contributed by atoms with Gasteiger partial charge in [-0.05, 0) is 24.3 Å². The van der Waals surface area contributed by atoms with E-state index in [0.717, 1.165) is 18.4 Å². The first-order chi connectivity index (χ1) is 13.0. The predicted molar refractivity (Wildman–Crippen MR) is 95.8 cm³/mol. The number of nitrogens with zero attached hydrogens (tertiary/aromatic N) is 3. The van der Waals surface area contributed by atoms with Gasteiger partial charge in [0.15, 0.2) is 0 Å². The zero-order valence-corrected chi connectivity index (χ0v) is 15.4. The molecule has 3 aromatic rings. The van der Waals surface area contributed by atoms with E-state index in [9.17, 15) is 26.4 Å². The molecule has 0 atom stereocenters. The first-order valence-electron chi connectivity index (χ1n) is 8.02. The van der Waals surface area contributed by atoms with Gasteiger partial charge < -0.3 is 9.72 Å². The summed E-state index contributed by atoms with van der Waals surface area (Å²) in [5.74, 6) is -0.829. The van der Waals surface area contributed by atoms with Crippen LogP contribution in [0.3, 0.4) is 0 Å². The van der Waals surface area contributed by atoms with Gasteiger partial charge in [0.2, 0.25) is 0 Å². The van der Waals surface area contributed by atoms with Gasteiger partial charge in [0.25, 0.3) is 5.91 Å². The number of anilines is 1. The van der Waals surface area contributed by atoms with E-state index in [2.05, 4.69) is 15.3 Å². The molecule has 148 valence electrons.